The van der Waals surface area contributed by atoms with E-state index in [9.17, 15) is 5.11 Å². The number of aliphatic hydroxyl groups is 1. The molecule has 6 nitrogen and oxygen atoms in total. The van der Waals surface area contributed by atoms with Gasteiger partial charge in [-0.05, 0) is 28.3 Å². The molecule has 1 N–H and O–H groups in total. The van der Waals surface area contributed by atoms with Crippen molar-refractivity contribution < 1.29 is 30.2 Å². The van der Waals surface area contributed by atoms with Gasteiger partial charge in [-0.25, -0.2) is 0 Å². The van der Waals surface area contributed by atoms with Gasteiger partial charge in [0.1, 0.15) is 24.4 Å². The van der Waals surface area contributed by atoms with Gasteiger partial charge in [0.05, 0.1) is 34.4 Å². The fourth-order valence-corrected chi connectivity index (χ4v) is 5.02. The van der Waals surface area contributed by atoms with Gasteiger partial charge >= 0.3 is 0 Å². The molecule has 5 rings (SSSR count). The Morgan fingerprint density at radius 1 is 0.643 bits per heavy atom. The maximum absolute atomic E-state index is 11.9. The normalized spacial score (nSPS) is 24.5. The van der Waals surface area contributed by atoms with Crippen LogP contribution in [-0.4, -0.2) is 41.9 Å². The van der Waals surface area contributed by atoms with Crippen molar-refractivity contribution in [1.82, 2.24) is 0 Å². The molecular formula is C36H38O6. The van der Waals surface area contributed by atoms with Gasteiger partial charge in [-0.3, -0.25) is 0 Å². The fraction of sp³-hybridized carbons (Fsp3) is 0.278. The molecule has 0 spiro atoms. The molecule has 1 unspecified atom stereocenters. The minimum absolute atomic E-state index is 0.124. The van der Waals surface area contributed by atoms with E-state index in [-0.39, 0.29) is 19.8 Å². The molecule has 0 aliphatic carbocycles. The Bertz CT molecular complexity index is 1370. The zero-order chi connectivity index (χ0) is 29.7. The summed E-state index contributed by atoms with van der Waals surface area (Å²) in [6.45, 7) is 2.27. The van der Waals surface area contributed by atoms with Crippen molar-refractivity contribution in [2.24, 2.45) is 0 Å². The van der Waals surface area contributed by atoms with E-state index in [1.165, 1.54) is 6.08 Å². The van der Waals surface area contributed by atoms with Gasteiger partial charge in [-0.15, -0.1) is 0 Å². The van der Waals surface area contributed by atoms with Crippen LogP contribution in [0.5, 0.6) is 0 Å². The molecule has 1 aliphatic rings. The van der Waals surface area contributed by atoms with Crippen LogP contribution in [0.15, 0.2) is 134 Å². The van der Waals surface area contributed by atoms with Crippen LogP contribution in [0.3, 0.4) is 0 Å². The third-order valence-electron chi connectivity index (χ3n) is 7.21. The van der Waals surface area contributed by atoms with Crippen molar-refractivity contribution in [3.63, 3.8) is 0 Å². The average Bonchev–Trinajstić information content (AvgIpc) is 3.05. The van der Waals surface area contributed by atoms with E-state index in [1.807, 2.05) is 121 Å². The van der Waals surface area contributed by atoms with E-state index in [2.05, 4.69) is 0 Å². The molecule has 42 heavy (non-hydrogen) atoms. The summed E-state index contributed by atoms with van der Waals surface area (Å²) in [4.78, 5) is 0. The Labute approximate surface area is 249 Å². The smallest absolute Gasteiger partial charge is 0.215 e. The van der Waals surface area contributed by atoms with E-state index in [0.29, 0.717) is 13.2 Å². The summed E-state index contributed by atoms with van der Waals surface area (Å²) in [5.74, 6) is -1.97. The van der Waals surface area contributed by atoms with Crippen LogP contribution in [0, 0.1) is 0 Å². The van der Waals surface area contributed by atoms with Crippen molar-refractivity contribution in [3.05, 3.63) is 156 Å². The molecule has 4 aromatic rings. The van der Waals surface area contributed by atoms with E-state index in [1.54, 1.807) is 0 Å². The maximum atomic E-state index is 11.9. The third kappa shape index (κ3) is 8.01. The van der Waals surface area contributed by atoms with E-state index in [0.717, 1.165) is 28.8 Å². The molecule has 1 fully saturated rings. The van der Waals surface area contributed by atoms with Crippen molar-refractivity contribution in [2.45, 2.75) is 56.6 Å². The number of ether oxygens (including phenoxy) is 5. The van der Waals surface area contributed by atoms with Crippen molar-refractivity contribution >= 4 is 0 Å². The Morgan fingerprint density at radius 3 is 1.55 bits per heavy atom. The lowest BCUT2D eigenvalue weighted by Crippen LogP contribution is -2.66. The fourth-order valence-electron chi connectivity index (χ4n) is 5.02. The van der Waals surface area contributed by atoms with Gasteiger partial charge < -0.3 is 28.8 Å². The van der Waals surface area contributed by atoms with E-state index >= 15 is 0 Å². The summed E-state index contributed by atoms with van der Waals surface area (Å²) < 4.78 is 39.8. The first-order valence-corrected chi connectivity index (χ1v) is 14.2. The SMILES string of the molecule is [2H]C=CC1(O)O[C@H](COCc2ccccc2)[C@@H](OCc2ccccc2)[C@H](OCc2ccccc2)[C@H]1OCc1ccccc1. The highest BCUT2D eigenvalue weighted by molar-refractivity contribution is 5.17. The molecule has 0 amide bonds. The van der Waals surface area contributed by atoms with Crippen LogP contribution >= 0.6 is 0 Å². The van der Waals surface area contributed by atoms with E-state index < -0.39 is 30.2 Å². The highest BCUT2D eigenvalue weighted by atomic mass is 16.7. The van der Waals surface area contributed by atoms with Crippen LogP contribution in [0.25, 0.3) is 0 Å². The summed E-state index contributed by atoms with van der Waals surface area (Å²) in [5.41, 5.74) is 3.90. The Hall–Kier alpha value is -3.62. The lowest BCUT2D eigenvalue weighted by atomic mass is 9.91. The molecule has 0 bridgehead atoms. The Kier molecular flexibility index (Phi) is 10.2. The first-order valence-electron chi connectivity index (χ1n) is 14.8. The molecule has 4 aromatic carbocycles. The van der Waals surface area contributed by atoms with Gasteiger partial charge in [0.25, 0.3) is 0 Å². The summed E-state index contributed by atoms with van der Waals surface area (Å²) in [6.07, 6.45) is -1.89. The standard InChI is InChI=1S/C36H38O6/c1-2-36(37)35(41-26-31-21-13-6-14-22-31)34(40-25-30-19-11-5-12-20-30)33(39-24-29-17-9-4-10-18-29)32(42-36)27-38-23-28-15-7-3-8-16-28/h2-22,32-35,37H,1,23-27H2/t32-,33-,34+,35-,36?/m1/s1/i1D. The zero-order valence-corrected chi connectivity index (χ0v) is 23.5. The molecule has 5 atom stereocenters. The first-order chi connectivity index (χ1) is 21.1. The molecule has 1 saturated heterocycles. The molecule has 0 radical (unpaired) electrons. The highest BCUT2D eigenvalue weighted by Gasteiger charge is 2.55. The van der Waals surface area contributed by atoms with Gasteiger partial charge in [0.15, 0.2) is 0 Å². The van der Waals surface area contributed by atoms with Crippen LogP contribution in [-0.2, 0) is 50.1 Å². The topological polar surface area (TPSA) is 66.4 Å². The van der Waals surface area contributed by atoms with E-state index in [4.69, 9.17) is 25.1 Å². The van der Waals surface area contributed by atoms with Gasteiger partial charge in [0, 0.05) is 0 Å². The molecule has 218 valence electrons. The van der Waals surface area contributed by atoms with Gasteiger partial charge in [0.2, 0.25) is 5.79 Å². The van der Waals surface area contributed by atoms with Crippen molar-refractivity contribution in [3.8, 4) is 0 Å². The molecule has 1 aliphatic heterocycles. The monoisotopic (exact) mass is 567 g/mol. The molecule has 0 aromatic heterocycles. The second-order valence-corrected chi connectivity index (χ2v) is 10.3. The van der Waals surface area contributed by atoms with Crippen LogP contribution < -0.4 is 0 Å². The summed E-state index contributed by atoms with van der Waals surface area (Å²) in [7, 11) is 0. The largest absolute Gasteiger partial charge is 0.374 e. The summed E-state index contributed by atoms with van der Waals surface area (Å²) >= 11 is 0. The minimum Gasteiger partial charge on any atom is -0.374 e. The lowest BCUT2D eigenvalue weighted by molar-refractivity contribution is -0.351. The maximum Gasteiger partial charge on any atom is 0.215 e. The molecule has 1 heterocycles. The average molecular weight is 568 g/mol. The summed E-state index contributed by atoms with van der Waals surface area (Å²) in [5, 5.41) is 11.9. The molecule has 6 heteroatoms. The van der Waals surface area contributed by atoms with Crippen molar-refractivity contribution in [2.75, 3.05) is 6.61 Å². The van der Waals surface area contributed by atoms with Crippen LogP contribution in [0.1, 0.15) is 23.6 Å². The Morgan fingerprint density at radius 2 is 1.07 bits per heavy atom. The lowest BCUT2D eigenvalue weighted by Gasteiger charge is -2.49. The van der Waals surface area contributed by atoms with Gasteiger partial charge in [-0.1, -0.05) is 128 Å². The molecular weight excluding hydrogens is 528 g/mol. The minimum atomic E-state index is -1.97. The second-order valence-electron chi connectivity index (χ2n) is 10.3. The number of hydrogen-bond donors (Lipinski definition) is 1. The second kappa shape index (κ2) is 15.0. The number of benzene rings is 4. The Balaban J connectivity index is 1.45. The van der Waals surface area contributed by atoms with Crippen LogP contribution in [0.4, 0.5) is 0 Å². The first kappa shape index (κ1) is 28.5. The number of rotatable bonds is 14. The third-order valence-corrected chi connectivity index (χ3v) is 7.21. The highest BCUT2D eigenvalue weighted by Crippen LogP contribution is 2.36. The van der Waals surface area contributed by atoms with Crippen molar-refractivity contribution in [1.29, 1.82) is 0 Å². The summed E-state index contributed by atoms with van der Waals surface area (Å²) in [6, 6.07) is 39.2. The predicted octanol–water partition coefficient (Wildman–Crippen LogP) is 6.23. The number of hydrogen-bond acceptors (Lipinski definition) is 6. The zero-order valence-electron chi connectivity index (χ0n) is 24.5. The molecule has 0 saturated carbocycles. The van der Waals surface area contributed by atoms with Crippen LogP contribution in [0.2, 0.25) is 0 Å². The quantitative estimate of drug-likeness (QED) is 0.182. The predicted molar refractivity (Wildman–Crippen MR) is 161 cm³/mol. The van der Waals surface area contributed by atoms with Gasteiger partial charge in [-0.2, -0.15) is 0 Å².